The first-order valence-electron chi connectivity index (χ1n) is 10.8. The molecule has 4 heteroatoms. The molecule has 32 heavy (non-hydrogen) atoms. The first kappa shape index (κ1) is 21.6. The summed E-state index contributed by atoms with van der Waals surface area (Å²) in [5.41, 5.74) is 9.33. The number of aryl methyl sites for hydroxylation is 6. The fraction of sp³-hybridized carbons (Fsp3) is 0.214. The lowest BCUT2D eigenvalue weighted by atomic mass is 9.99. The van der Waals surface area contributed by atoms with E-state index in [1.807, 2.05) is 96.1 Å². The predicted octanol–water partition coefficient (Wildman–Crippen LogP) is 5.93. The van der Waals surface area contributed by atoms with Gasteiger partial charge in [0.1, 0.15) is 5.70 Å². The van der Waals surface area contributed by atoms with Crippen molar-refractivity contribution in [2.24, 2.45) is 0 Å². The second-order valence-corrected chi connectivity index (χ2v) is 8.76. The number of anilines is 2. The zero-order valence-electron chi connectivity index (χ0n) is 19.5. The minimum atomic E-state index is -0.341. The van der Waals surface area contributed by atoms with E-state index in [1.54, 1.807) is 0 Å². The highest BCUT2D eigenvalue weighted by Gasteiger charge is 2.40. The van der Waals surface area contributed by atoms with E-state index in [2.05, 4.69) is 5.32 Å². The minimum Gasteiger partial charge on any atom is -0.350 e. The summed E-state index contributed by atoms with van der Waals surface area (Å²) in [4.78, 5) is 28.6. The molecule has 4 rings (SSSR count). The van der Waals surface area contributed by atoms with Gasteiger partial charge in [-0.25, -0.2) is 4.90 Å². The van der Waals surface area contributed by atoms with Crippen LogP contribution >= 0.6 is 0 Å². The Morgan fingerprint density at radius 2 is 1.22 bits per heavy atom. The maximum Gasteiger partial charge on any atom is 0.282 e. The molecule has 0 unspecified atom stereocenters. The summed E-state index contributed by atoms with van der Waals surface area (Å²) in [6.07, 6.45) is 0. The maximum absolute atomic E-state index is 13.7. The third kappa shape index (κ3) is 3.84. The molecule has 1 heterocycles. The van der Waals surface area contributed by atoms with Crippen molar-refractivity contribution >= 4 is 28.8 Å². The summed E-state index contributed by atoms with van der Waals surface area (Å²) in [6.45, 7) is 12.1. The third-order valence-corrected chi connectivity index (χ3v) is 6.12. The highest BCUT2D eigenvalue weighted by Crippen LogP contribution is 2.35. The van der Waals surface area contributed by atoms with Crippen molar-refractivity contribution in [2.45, 2.75) is 41.5 Å². The average molecular weight is 425 g/mol. The van der Waals surface area contributed by atoms with E-state index < -0.39 is 0 Å². The van der Waals surface area contributed by atoms with E-state index in [1.165, 1.54) is 10.5 Å². The molecule has 0 aromatic heterocycles. The molecule has 0 saturated carbocycles. The van der Waals surface area contributed by atoms with Gasteiger partial charge in [-0.2, -0.15) is 0 Å². The Kier molecular flexibility index (Phi) is 5.47. The number of rotatable bonds is 4. The first-order chi connectivity index (χ1) is 15.2. The molecule has 3 aromatic rings. The highest BCUT2D eigenvalue weighted by molar-refractivity contribution is 6.46. The van der Waals surface area contributed by atoms with E-state index in [0.717, 1.165) is 39.1 Å². The zero-order valence-corrected chi connectivity index (χ0v) is 19.5. The van der Waals surface area contributed by atoms with Crippen LogP contribution in [0, 0.1) is 41.5 Å². The number of nitrogens with one attached hydrogen (secondary N) is 1. The Morgan fingerprint density at radius 1 is 0.625 bits per heavy atom. The largest absolute Gasteiger partial charge is 0.350 e. The van der Waals surface area contributed by atoms with E-state index >= 15 is 0 Å². The van der Waals surface area contributed by atoms with Gasteiger partial charge in [0.2, 0.25) is 0 Å². The van der Waals surface area contributed by atoms with Crippen molar-refractivity contribution in [2.75, 3.05) is 10.2 Å². The maximum atomic E-state index is 13.7. The second-order valence-electron chi connectivity index (χ2n) is 8.76. The molecule has 0 radical (unpaired) electrons. The van der Waals surface area contributed by atoms with Gasteiger partial charge in [-0.05, 0) is 105 Å². The van der Waals surface area contributed by atoms with Gasteiger partial charge in [0.05, 0.1) is 11.3 Å². The van der Waals surface area contributed by atoms with Gasteiger partial charge in [0.25, 0.3) is 11.8 Å². The second kappa shape index (κ2) is 8.12. The van der Waals surface area contributed by atoms with E-state index in [4.69, 9.17) is 0 Å². The molecule has 0 atom stereocenters. The van der Waals surface area contributed by atoms with Crippen LogP contribution in [0.5, 0.6) is 0 Å². The van der Waals surface area contributed by atoms with Crippen LogP contribution in [0.1, 0.15) is 38.9 Å². The van der Waals surface area contributed by atoms with E-state index in [-0.39, 0.29) is 11.8 Å². The lowest BCUT2D eigenvalue weighted by molar-refractivity contribution is -0.120. The van der Waals surface area contributed by atoms with Crippen LogP contribution in [0.4, 0.5) is 11.4 Å². The SMILES string of the molecule is Cc1cc(C)cc(N2C(=O)C(Nc3ccc(C)c(C)c3)=C(c3ccc(C)c(C)c3)C2=O)c1. The Morgan fingerprint density at radius 3 is 1.81 bits per heavy atom. The van der Waals surface area contributed by atoms with Crippen LogP contribution in [-0.4, -0.2) is 11.8 Å². The van der Waals surface area contributed by atoms with Gasteiger partial charge in [0, 0.05) is 5.69 Å². The molecule has 2 amide bonds. The molecule has 0 aliphatic carbocycles. The number of amides is 2. The summed E-state index contributed by atoms with van der Waals surface area (Å²) in [5.74, 6) is -0.652. The number of hydrogen-bond acceptors (Lipinski definition) is 3. The van der Waals surface area contributed by atoms with Crippen molar-refractivity contribution in [3.05, 3.63) is 99.2 Å². The number of hydrogen-bond donors (Lipinski definition) is 1. The molecular weight excluding hydrogens is 396 g/mol. The molecule has 162 valence electrons. The van der Waals surface area contributed by atoms with Gasteiger partial charge < -0.3 is 5.32 Å². The molecule has 0 bridgehead atoms. The fourth-order valence-corrected chi connectivity index (χ4v) is 4.09. The topological polar surface area (TPSA) is 49.4 Å². The molecule has 0 fully saturated rings. The summed E-state index contributed by atoms with van der Waals surface area (Å²) < 4.78 is 0. The normalized spacial score (nSPS) is 13.9. The Labute approximate surface area is 189 Å². The van der Waals surface area contributed by atoms with E-state index in [0.29, 0.717) is 17.0 Å². The summed E-state index contributed by atoms with van der Waals surface area (Å²) in [5, 5.41) is 3.27. The lowest BCUT2D eigenvalue weighted by Crippen LogP contribution is -2.32. The number of carbonyl (C=O) groups is 2. The smallest absolute Gasteiger partial charge is 0.282 e. The third-order valence-electron chi connectivity index (χ3n) is 6.12. The molecule has 0 spiro atoms. The molecule has 0 saturated heterocycles. The van der Waals surface area contributed by atoms with Crippen molar-refractivity contribution in [3.63, 3.8) is 0 Å². The number of imide groups is 1. The molecule has 1 aliphatic heterocycles. The minimum absolute atomic E-state index is 0.306. The number of benzene rings is 3. The van der Waals surface area contributed by atoms with Crippen molar-refractivity contribution < 1.29 is 9.59 Å². The van der Waals surface area contributed by atoms with E-state index in [9.17, 15) is 9.59 Å². The van der Waals surface area contributed by atoms with Crippen LogP contribution in [0.25, 0.3) is 5.57 Å². The van der Waals surface area contributed by atoms with Crippen molar-refractivity contribution in [1.29, 1.82) is 0 Å². The Bertz CT molecular complexity index is 1280. The van der Waals surface area contributed by atoms with Crippen LogP contribution in [0.15, 0.2) is 60.3 Å². The average Bonchev–Trinajstić information content (AvgIpc) is 2.96. The van der Waals surface area contributed by atoms with Gasteiger partial charge >= 0.3 is 0 Å². The number of nitrogens with zero attached hydrogens (tertiary/aromatic N) is 1. The van der Waals surface area contributed by atoms with Crippen molar-refractivity contribution in [3.8, 4) is 0 Å². The monoisotopic (exact) mass is 424 g/mol. The van der Waals surface area contributed by atoms with Gasteiger partial charge in [0.15, 0.2) is 0 Å². The highest BCUT2D eigenvalue weighted by atomic mass is 16.2. The standard InChI is InChI=1S/C28H28N2O2/c1-16-11-17(2)13-24(12-16)30-27(31)25(22-9-7-18(3)20(5)14-22)26(28(30)32)29-23-10-8-19(4)21(6)15-23/h7-15,29H,1-6H3. The van der Waals surface area contributed by atoms with Crippen LogP contribution in [0.2, 0.25) is 0 Å². The molecular formula is C28H28N2O2. The number of carbonyl (C=O) groups excluding carboxylic acids is 2. The van der Waals surface area contributed by atoms with Crippen molar-refractivity contribution in [1.82, 2.24) is 0 Å². The van der Waals surface area contributed by atoms with Crippen LogP contribution in [-0.2, 0) is 9.59 Å². The van der Waals surface area contributed by atoms with Crippen LogP contribution < -0.4 is 10.2 Å². The summed E-state index contributed by atoms with van der Waals surface area (Å²) >= 11 is 0. The quantitative estimate of drug-likeness (QED) is 0.528. The molecule has 1 N–H and O–H groups in total. The summed E-state index contributed by atoms with van der Waals surface area (Å²) in [6, 6.07) is 17.6. The molecule has 3 aromatic carbocycles. The first-order valence-corrected chi connectivity index (χ1v) is 10.8. The zero-order chi connectivity index (χ0) is 23.2. The predicted molar refractivity (Wildman–Crippen MR) is 131 cm³/mol. The van der Waals surface area contributed by atoms with Crippen LogP contribution in [0.3, 0.4) is 0 Å². The Balaban J connectivity index is 1.86. The Hall–Kier alpha value is -3.66. The van der Waals surface area contributed by atoms with Gasteiger partial charge in [-0.1, -0.05) is 30.3 Å². The molecule has 1 aliphatic rings. The lowest BCUT2D eigenvalue weighted by Gasteiger charge is -2.17. The molecule has 4 nitrogen and oxygen atoms in total. The van der Waals surface area contributed by atoms with Gasteiger partial charge in [-0.15, -0.1) is 0 Å². The fourth-order valence-electron chi connectivity index (χ4n) is 4.09. The summed E-state index contributed by atoms with van der Waals surface area (Å²) in [7, 11) is 0. The van der Waals surface area contributed by atoms with Gasteiger partial charge in [-0.3, -0.25) is 9.59 Å².